The van der Waals surface area contributed by atoms with E-state index in [1.165, 1.54) is 32.1 Å². The number of nitrogens with one attached hydrogen (secondary N) is 1. The van der Waals surface area contributed by atoms with Crippen molar-refractivity contribution in [1.29, 1.82) is 0 Å². The van der Waals surface area contributed by atoms with Crippen LogP contribution in [0.3, 0.4) is 0 Å². The lowest BCUT2D eigenvalue weighted by atomic mass is 9.95. The Morgan fingerprint density at radius 3 is 2.50 bits per heavy atom. The third kappa shape index (κ3) is 1.97. The summed E-state index contributed by atoms with van der Waals surface area (Å²) < 4.78 is 11.5. The van der Waals surface area contributed by atoms with Crippen molar-refractivity contribution in [3.8, 4) is 0 Å². The van der Waals surface area contributed by atoms with Crippen molar-refractivity contribution in [2.24, 2.45) is 0 Å². The fourth-order valence-corrected chi connectivity index (χ4v) is 3.87. The van der Waals surface area contributed by atoms with Gasteiger partial charge in [0, 0.05) is 18.1 Å². The maximum Gasteiger partial charge on any atom is 0.119 e. The van der Waals surface area contributed by atoms with Crippen LogP contribution in [0.25, 0.3) is 0 Å². The molecule has 0 aromatic carbocycles. The van der Waals surface area contributed by atoms with Gasteiger partial charge < -0.3 is 10.4 Å². The predicted molar refractivity (Wildman–Crippen MR) is 60.4 cm³/mol. The van der Waals surface area contributed by atoms with Crippen LogP contribution in [0.2, 0.25) is 0 Å². The molecule has 0 aromatic heterocycles. The fraction of sp³-hybridized carbons (Fsp3) is 0.900. The van der Waals surface area contributed by atoms with Gasteiger partial charge in [-0.15, -0.1) is 0 Å². The SMILES string of the molecule is CS1(=O)=C(O)C(NC2CCCCC2)C1. The Bertz CT molecular complexity index is 325. The third-order valence-corrected chi connectivity index (χ3v) is 5.41. The molecule has 1 saturated carbocycles. The Balaban J connectivity index is 1.89. The van der Waals surface area contributed by atoms with Crippen molar-refractivity contribution in [3.63, 3.8) is 0 Å². The number of aliphatic hydroxyl groups excluding tert-OH is 1. The summed E-state index contributed by atoms with van der Waals surface area (Å²) in [4.78, 5) is 0. The van der Waals surface area contributed by atoms with Gasteiger partial charge in [-0.3, -0.25) is 4.21 Å². The number of aliphatic hydroxyl groups is 1. The van der Waals surface area contributed by atoms with E-state index < -0.39 is 9.52 Å². The first kappa shape index (κ1) is 10.5. The minimum absolute atomic E-state index is 0.00981. The second-order valence-corrected chi connectivity index (χ2v) is 7.33. The van der Waals surface area contributed by atoms with E-state index in [-0.39, 0.29) is 11.1 Å². The van der Waals surface area contributed by atoms with Crippen LogP contribution in [-0.4, -0.2) is 38.5 Å². The van der Waals surface area contributed by atoms with Crippen molar-refractivity contribution < 1.29 is 9.32 Å². The molecule has 2 unspecified atom stereocenters. The Morgan fingerprint density at radius 2 is 2.00 bits per heavy atom. The molecule has 2 atom stereocenters. The van der Waals surface area contributed by atoms with Gasteiger partial charge in [0.05, 0.1) is 6.04 Å². The standard InChI is InChI=1S/C10H19NO2S/c1-14(13)7-9(10(14)12)11-8-5-3-2-4-6-8/h8-9,11-12H,2-7H2,1H3. The van der Waals surface area contributed by atoms with Crippen LogP contribution in [0.4, 0.5) is 0 Å². The van der Waals surface area contributed by atoms with Crippen molar-refractivity contribution in [2.75, 3.05) is 12.0 Å². The largest absolute Gasteiger partial charge is 0.356 e. The molecule has 1 aliphatic carbocycles. The molecule has 0 amide bonds. The second-order valence-electron chi connectivity index (χ2n) is 4.56. The summed E-state index contributed by atoms with van der Waals surface area (Å²) in [5, 5.41) is 13.1. The highest BCUT2D eigenvalue weighted by atomic mass is 32.2. The Labute approximate surface area is 85.9 Å². The fourth-order valence-electron chi connectivity index (χ4n) is 2.35. The zero-order valence-corrected chi connectivity index (χ0v) is 9.48. The topological polar surface area (TPSA) is 49.3 Å². The number of rotatable bonds is 2. The quantitative estimate of drug-likeness (QED) is 0.675. The van der Waals surface area contributed by atoms with E-state index in [4.69, 9.17) is 0 Å². The first-order valence-corrected chi connectivity index (χ1v) is 7.52. The van der Waals surface area contributed by atoms with Crippen molar-refractivity contribution in [3.05, 3.63) is 0 Å². The molecular weight excluding hydrogens is 198 g/mol. The Kier molecular flexibility index (Phi) is 2.86. The minimum Gasteiger partial charge on any atom is -0.356 e. The maximum absolute atomic E-state index is 11.5. The molecule has 2 rings (SSSR count). The second kappa shape index (κ2) is 3.83. The van der Waals surface area contributed by atoms with E-state index in [9.17, 15) is 9.32 Å². The summed E-state index contributed by atoms with van der Waals surface area (Å²) >= 11 is 0. The minimum atomic E-state index is -2.00. The lowest BCUT2D eigenvalue weighted by molar-refractivity contribution is 0.353. The highest BCUT2D eigenvalue weighted by Gasteiger charge is 2.33. The Hall–Kier alpha value is -0.0600. The van der Waals surface area contributed by atoms with E-state index in [0.29, 0.717) is 11.8 Å². The zero-order valence-electron chi connectivity index (χ0n) is 8.66. The lowest BCUT2D eigenvalue weighted by Gasteiger charge is -2.34. The van der Waals surface area contributed by atoms with Crippen molar-refractivity contribution >= 4 is 14.6 Å². The first-order chi connectivity index (χ1) is 6.59. The molecule has 0 saturated heterocycles. The summed E-state index contributed by atoms with van der Waals surface area (Å²) in [7, 11) is -2.00. The van der Waals surface area contributed by atoms with Crippen LogP contribution in [0.5, 0.6) is 0 Å². The highest BCUT2D eigenvalue weighted by molar-refractivity contribution is 8.03. The van der Waals surface area contributed by atoms with Gasteiger partial charge in [-0.1, -0.05) is 19.3 Å². The molecule has 0 aromatic rings. The molecule has 1 fully saturated rings. The molecule has 0 radical (unpaired) electrons. The average Bonchev–Trinajstić information content (AvgIpc) is 2.18. The van der Waals surface area contributed by atoms with Gasteiger partial charge in [0.15, 0.2) is 0 Å². The van der Waals surface area contributed by atoms with E-state index in [2.05, 4.69) is 5.32 Å². The van der Waals surface area contributed by atoms with E-state index in [1.807, 2.05) is 0 Å². The summed E-state index contributed by atoms with van der Waals surface area (Å²) in [6.45, 7) is 0. The number of hydrogen-bond acceptors (Lipinski definition) is 2. The first-order valence-electron chi connectivity index (χ1n) is 5.38. The van der Waals surface area contributed by atoms with Crippen LogP contribution in [0.1, 0.15) is 32.1 Å². The average molecular weight is 217 g/mol. The van der Waals surface area contributed by atoms with E-state index in [0.717, 1.165) is 0 Å². The summed E-state index contributed by atoms with van der Waals surface area (Å²) in [5.41, 5.74) is 0. The molecule has 0 bridgehead atoms. The van der Waals surface area contributed by atoms with Gasteiger partial charge in [-0.05, 0) is 22.4 Å². The maximum atomic E-state index is 11.5. The summed E-state index contributed by atoms with van der Waals surface area (Å²) in [6.07, 6.45) is 7.95. The van der Waals surface area contributed by atoms with Crippen LogP contribution in [-0.2, 0) is 9.52 Å². The van der Waals surface area contributed by atoms with Gasteiger partial charge in [-0.2, -0.15) is 0 Å². The van der Waals surface area contributed by atoms with Crippen LogP contribution < -0.4 is 5.32 Å². The van der Waals surface area contributed by atoms with Gasteiger partial charge in [0.2, 0.25) is 0 Å². The summed E-state index contributed by atoms with van der Waals surface area (Å²) in [5.74, 6) is 0.620. The predicted octanol–water partition coefficient (Wildman–Crippen LogP) is 0.893. The van der Waals surface area contributed by atoms with Gasteiger partial charge in [0.1, 0.15) is 5.05 Å². The lowest BCUT2D eigenvalue weighted by Crippen LogP contribution is -2.56. The zero-order chi connectivity index (χ0) is 10.2. The van der Waals surface area contributed by atoms with Crippen molar-refractivity contribution in [2.45, 2.75) is 44.2 Å². The molecule has 1 aliphatic heterocycles. The molecular formula is C10H19NO2S. The van der Waals surface area contributed by atoms with E-state index >= 15 is 0 Å². The van der Waals surface area contributed by atoms with Crippen molar-refractivity contribution in [1.82, 2.24) is 5.32 Å². The van der Waals surface area contributed by atoms with Gasteiger partial charge >= 0.3 is 0 Å². The van der Waals surface area contributed by atoms with Gasteiger partial charge in [0.25, 0.3) is 0 Å². The molecule has 2 N–H and O–H groups in total. The molecule has 0 spiro atoms. The molecule has 3 nitrogen and oxygen atoms in total. The molecule has 4 heteroatoms. The molecule has 1 heterocycles. The number of hydrogen-bond donors (Lipinski definition) is 2. The molecule has 2 aliphatic rings. The smallest absolute Gasteiger partial charge is 0.119 e. The monoisotopic (exact) mass is 217 g/mol. The summed E-state index contributed by atoms with van der Waals surface area (Å²) in [6, 6.07) is 0.544. The van der Waals surface area contributed by atoms with Crippen LogP contribution in [0, 0.1) is 0 Å². The van der Waals surface area contributed by atoms with E-state index in [1.54, 1.807) is 6.26 Å². The normalized spacial score (nSPS) is 39.6. The van der Waals surface area contributed by atoms with Crippen LogP contribution in [0.15, 0.2) is 0 Å². The molecule has 14 heavy (non-hydrogen) atoms. The Morgan fingerprint density at radius 1 is 1.36 bits per heavy atom. The van der Waals surface area contributed by atoms with Gasteiger partial charge in [-0.25, -0.2) is 0 Å². The highest BCUT2D eigenvalue weighted by Crippen LogP contribution is 2.20. The molecule has 82 valence electrons. The van der Waals surface area contributed by atoms with Crippen LogP contribution >= 0.6 is 0 Å². The third-order valence-electron chi connectivity index (χ3n) is 3.27.